The number of ether oxygens (including phenoxy) is 1. The molecular formula is C21H27ClN2O3S. The van der Waals surface area contributed by atoms with Gasteiger partial charge in [0.25, 0.3) is 0 Å². The van der Waals surface area contributed by atoms with Crippen LogP contribution in [0.15, 0.2) is 29.2 Å². The molecule has 1 aliphatic heterocycles. The van der Waals surface area contributed by atoms with E-state index in [2.05, 4.69) is 36.9 Å². The summed E-state index contributed by atoms with van der Waals surface area (Å²) in [7, 11) is -2.21. The smallest absolute Gasteiger partial charge is 0.247 e. The maximum atomic E-state index is 13.4. The highest BCUT2D eigenvalue weighted by Gasteiger charge is 2.33. The number of benzene rings is 2. The molecule has 0 saturated carbocycles. The number of methoxy groups -OCH3 is 1. The topological polar surface area (TPSA) is 49.9 Å². The van der Waals surface area contributed by atoms with E-state index in [1.165, 1.54) is 22.5 Å². The highest BCUT2D eigenvalue weighted by Crippen LogP contribution is 2.37. The van der Waals surface area contributed by atoms with Crippen LogP contribution in [0, 0.1) is 27.7 Å². The number of sulfonamides is 1. The fraction of sp³-hybridized carbons (Fsp3) is 0.429. The van der Waals surface area contributed by atoms with Crippen molar-refractivity contribution in [3.05, 3.63) is 51.5 Å². The van der Waals surface area contributed by atoms with E-state index in [1.54, 1.807) is 13.0 Å². The zero-order chi connectivity index (χ0) is 20.6. The molecule has 5 nitrogen and oxygen atoms in total. The average molecular weight is 423 g/mol. The minimum absolute atomic E-state index is 0.172. The van der Waals surface area contributed by atoms with Gasteiger partial charge >= 0.3 is 0 Å². The third-order valence-corrected chi connectivity index (χ3v) is 8.15. The van der Waals surface area contributed by atoms with Crippen LogP contribution in [-0.4, -0.2) is 46.0 Å². The van der Waals surface area contributed by atoms with Gasteiger partial charge in [0, 0.05) is 36.9 Å². The van der Waals surface area contributed by atoms with Crippen molar-refractivity contribution in [1.82, 2.24) is 4.31 Å². The van der Waals surface area contributed by atoms with Crippen molar-refractivity contribution in [3.8, 4) is 5.75 Å². The summed E-state index contributed by atoms with van der Waals surface area (Å²) in [5, 5.41) is 0.466. The lowest BCUT2D eigenvalue weighted by molar-refractivity contribution is 0.373. The molecule has 0 atom stereocenters. The molecule has 7 heteroatoms. The molecule has 0 radical (unpaired) electrons. The van der Waals surface area contributed by atoms with Gasteiger partial charge in [-0.25, -0.2) is 8.42 Å². The van der Waals surface area contributed by atoms with E-state index >= 15 is 0 Å². The molecule has 28 heavy (non-hydrogen) atoms. The average Bonchev–Trinajstić information content (AvgIpc) is 2.67. The minimum Gasteiger partial charge on any atom is -0.495 e. The molecule has 0 spiro atoms. The number of piperazine rings is 1. The zero-order valence-corrected chi connectivity index (χ0v) is 18.6. The van der Waals surface area contributed by atoms with Gasteiger partial charge in [-0.2, -0.15) is 4.31 Å². The molecule has 1 fully saturated rings. The van der Waals surface area contributed by atoms with Gasteiger partial charge in [-0.05, 0) is 68.1 Å². The van der Waals surface area contributed by atoms with Gasteiger partial charge < -0.3 is 9.64 Å². The first-order valence-electron chi connectivity index (χ1n) is 9.33. The van der Waals surface area contributed by atoms with E-state index in [1.807, 2.05) is 6.92 Å². The number of anilines is 1. The zero-order valence-electron chi connectivity index (χ0n) is 17.0. The standard InChI is InChI=1S/C21H27ClN2O3S/c1-14-6-7-18(12-15(14)2)23-8-10-24(11-9-23)28(25,26)21-17(4)20(22)16(3)13-19(21)27-5/h6-7,12-13H,8-11H2,1-5H3. The van der Waals surface area contributed by atoms with Crippen LogP contribution in [0.3, 0.4) is 0 Å². The highest BCUT2D eigenvalue weighted by molar-refractivity contribution is 7.89. The van der Waals surface area contributed by atoms with E-state index in [9.17, 15) is 8.42 Å². The van der Waals surface area contributed by atoms with Gasteiger partial charge in [-0.3, -0.25) is 0 Å². The van der Waals surface area contributed by atoms with Crippen LogP contribution >= 0.6 is 11.6 Å². The largest absolute Gasteiger partial charge is 0.495 e. The molecule has 0 unspecified atom stereocenters. The van der Waals surface area contributed by atoms with Crippen molar-refractivity contribution in [2.24, 2.45) is 0 Å². The summed E-state index contributed by atoms with van der Waals surface area (Å²) in [5.74, 6) is 0.344. The van der Waals surface area contributed by atoms with Crippen molar-refractivity contribution in [2.45, 2.75) is 32.6 Å². The van der Waals surface area contributed by atoms with E-state index in [0.717, 1.165) is 11.3 Å². The second kappa shape index (κ2) is 7.93. The summed E-state index contributed by atoms with van der Waals surface area (Å²) in [6.07, 6.45) is 0. The molecule has 0 aliphatic carbocycles. The van der Waals surface area contributed by atoms with Gasteiger partial charge in [-0.1, -0.05) is 17.7 Å². The molecule has 0 amide bonds. The number of nitrogens with zero attached hydrogens (tertiary/aromatic N) is 2. The normalized spacial score (nSPS) is 15.7. The molecule has 0 aromatic heterocycles. The van der Waals surface area contributed by atoms with Gasteiger partial charge in [0.15, 0.2) is 0 Å². The fourth-order valence-corrected chi connectivity index (χ4v) is 5.61. The maximum absolute atomic E-state index is 13.4. The summed E-state index contributed by atoms with van der Waals surface area (Å²) < 4.78 is 33.6. The van der Waals surface area contributed by atoms with Gasteiger partial charge in [0.1, 0.15) is 10.6 Å². The van der Waals surface area contributed by atoms with Crippen LogP contribution < -0.4 is 9.64 Å². The van der Waals surface area contributed by atoms with Crippen LogP contribution in [0.5, 0.6) is 5.75 Å². The summed E-state index contributed by atoms with van der Waals surface area (Å²) in [6, 6.07) is 8.05. The molecule has 152 valence electrons. The summed E-state index contributed by atoms with van der Waals surface area (Å²) in [4.78, 5) is 2.40. The van der Waals surface area contributed by atoms with Crippen molar-refractivity contribution in [3.63, 3.8) is 0 Å². The first-order valence-corrected chi connectivity index (χ1v) is 11.1. The van der Waals surface area contributed by atoms with Gasteiger partial charge in [-0.15, -0.1) is 0 Å². The highest BCUT2D eigenvalue weighted by atomic mass is 35.5. The Balaban J connectivity index is 1.86. The van der Waals surface area contributed by atoms with Gasteiger partial charge in [0.05, 0.1) is 7.11 Å². The molecule has 2 aromatic carbocycles. The Bertz CT molecular complexity index is 997. The van der Waals surface area contributed by atoms with E-state index in [4.69, 9.17) is 16.3 Å². The van der Waals surface area contributed by atoms with Crippen molar-refractivity contribution in [1.29, 1.82) is 0 Å². The Labute approximate surface area is 172 Å². The maximum Gasteiger partial charge on any atom is 0.247 e. The van der Waals surface area contributed by atoms with Crippen LogP contribution in [0.25, 0.3) is 0 Å². The predicted molar refractivity (Wildman–Crippen MR) is 114 cm³/mol. The molecule has 1 saturated heterocycles. The van der Waals surface area contributed by atoms with Crippen LogP contribution in [-0.2, 0) is 10.0 Å². The van der Waals surface area contributed by atoms with Crippen LogP contribution in [0.1, 0.15) is 22.3 Å². The predicted octanol–water partition coefficient (Wildman–Crippen LogP) is 4.09. The fourth-order valence-electron chi connectivity index (χ4n) is 3.62. The third kappa shape index (κ3) is 3.73. The Morgan fingerprint density at radius 1 is 0.929 bits per heavy atom. The molecule has 3 rings (SSSR count). The molecular weight excluding hydrogens is 396 g/mol. The minimum atomic E-state index is -3.70. The van der Waals surface area contributed by atoms with Gasteiger partial charge in [0.2, 0.25) is 10.0 Å². The third-order valence-electron chi connectivity index (χ3n) is 5.50. The quantitative estimate of drug-likeness (QED) is 0.744. The molecule has 1 heterocycles. The number of rotatable bonds is 4. The SMILES string of the molecule is COc1cc(C)c(Cl)c(C)c1S(=O)(=O)N1CCN(c2ccc(C)c(C)c2)CC1. The van der Waals surface area contributed by atoms with Crippen molar-refractivity contribution >= 4 is 27.3 Å². The molecule has 0 bridgehead atoms. The lowest BCUT2D eigenvalue weighted by atomic mass is 10.1. The Hall–Kier alpha value is -1.76. The molecule has 2 aromatic rings. The molecule has 1 aliphatic rings. The molecule has 0 N–H and O–H groups in total. The van der Waals surface area contributed by atoms with E-state index < -0.39 is 10.0 Å². The Kier molecular flexibility index (Phi) is 5.94. The first-order chi connectivity index (χ1) is 13.2. The second-order valence-electron chi connectivity index (χ2n) is 7.32. The number of halogens is 1. The Morgan fingerprint density at radius 3 is 2.14 bits per heavy atom. The monoisotopic (exact) mass is 422 g/mol. The number of hydrogen-bond donors (Lipinski definition) is 0. The van der Waals surface area contributed by atoms with E-state index in [-0.39, 0.29) is 4.90 Å². The Morgan fingerprint density at radius 2 is 1.57 bits per heavy atom. The van der Waals surface area contributed by atoms with Crippen LogP contribution in [0.4, 0.5) is 5.69 Å². The second-order valence-corrected chi connectivity index (χ2v) is 9.58. The number of hydrogen-bond acceptors (Lipinski definition) is 4. The van der Waals surface area contributed by atoms with E-state index in [0.29, 0.717) is 42.5 Å². The van der Waals surface area contributed by atoms with Crippen LogP contribution in [0.2, 0.25) is 5.02 Å². The summed E-state index contributed by atoms with van der Waals surface area (Å²) in [6.45, 7) is 9.88. The van der Waals surface area contributed by atoms with Crippen molar-refractivity contribution < 1.29 is 13.2 Å². The lowest BCUT2D eigenvalue weighted by Gasteiger charge is -2.36. The van der Waals surface area contributed by atoms with Crippen molar-refractivity contribution in [2.75, 3.05) is 38.2 Å². The summed E-state index contributed by atoms with van der Waals surface area (Å²) in [5.41, 5.74) is 4.96. The summed E-state index contributed by atoms with van der Waals surface area (Å²) >= 11 is 6.34. The number of aryl methyl sites for hydroxylation is 3. The lowest BCUT2D eigenvalue weighted by Crippen LogP contribution is -2.48. The first kappa shape index (κ1) is 21.0.